The highest BCUT2D eigenvalue weighted by Crippen LogP contribution is 2.22. The Balaban J connectivity index is 2.15. The summed E-state index contributed by atoms with van der Waals surface area (Å²) in [6.45, 7) is 0. The van der Waals surface area contributed by atoms with Gasteiger partial charge in [-0.1, -0.05) is 11.3 Å². The molecule has 0 fully saturated rings. The van der Waals surface area contributed by atoms with Gasteiger partial charge in [-0.15, -0.1) is 0 Å². The number of rotatable bonds is 1. The predicted octanol–water partition coefficient (Wildman–Crippen LogP) is 2.74. The van der Waals surface area contributed by atoms with E-state index in [1.54, 1.807) is 16.2 Å². The maximum Gasteiger partial charge on any atom is 0.212 e. The van der Waals surface area contributed by atoms with Gasteiger partial charge in [-0.3, -0.25) is 0 Å². The first kappa shape index (κ1) is 9.41. The second-order valence-electron chi connectivity index (χ2n) is 3.22. The Morgan fingerprint density at radius 2 is 2.06 bits per heavy atom. The molecule has 0 bridgehead atoms. The maximum absolute atomic E-state index is 13.0. The average molecular weight is 237 g/mol. The maximum atomic E-state index is 13.0. The molecule has 0 saturated heterocycles. The van der Waals surface area contributed by atoms with Crippen LogP contribution in [0.5, 0.6) is 0 Å². The van der Waals surface area contributed by atoms with Crippen LogP contribution in [0.4, 0.5) is 8.78 Å². The quantitative estimate of drug-likeness (QED) is 0.651. The van der Waals surface area contributed by atoms with Crippen LogP contribution in [0.25, 0.3) is 16.2 Å². The Bertz CT molecular complexity index is 630. The molecule has 3 rings (SSSR count). The molecular weight excluding hydrogens is 232 g/mol. The Labute approximate surface area is 93.0 Å². The molecule has 80 valence electrons. The fraction of sp³-hybridized carbons (Fsp3) is 0. The minimum absolute atomic E-state index is 0.539. The highest BCUT2D eigenvalue weighted by Gasteiger charge is 2.08. The van der Waals surface area contributed by atoms with Crippen molar-refractivity contribution in [1.82, 2.24) is 14.6 Å². The van der Waals surface area contributed by atoms with Crippen LogP contribution < -0.4 is 0 Å². The van der Waals surface area contributed by atoms with Crippen LogP contribution in [0.1, 0.15) is 0 Å². The second kappa shape index (κ2) is 3.34. The molecule has 3 nitrogen and oxygen atoms in total. The average Bonchev–Trinajstić information content (AvgIpc) is 2.81. The van der Waals surface area contributed by atoms with Crippen LogP contribution >= 0.6 is 11.3 Å². The van der Waals surface area contributed by atoms with E-state index in [-0.39, 0.29) is 0 Å². The van der Waals surface area contributed by atoms with E-state index in [2.05, 4.69) is 10.1 Å². The molecule has 1 aromatic carbocycles. The number of aromatic nitrogens is 3. The number of hydrogen-bond donors (Lipinski definition) is 0. The Kier molecular flexibility index (Phi) is 1.97. The summed E-state index contributed by atoms with van der Waals surface area (Å²) in [5, 5.41) is 4.01. The normalized spacial score (nSPS) is 11.1. The minimum Gasteiger partial charge on any atom is -0.217 e. The fourth-order valence-corrected chi connectivity index (χ4v) is 2.04. The summed E-state index contributed by atoms with van der Waals surface area (Å²) in [6.07, 6.45) is 1.68. The zero-order valence-corrected chi connectivity index (χ0v) is 8.71. The van der Waals surface area contributed by atoms with Crippen molar-refractivity contribution < 1.29 is 8.78 Å². The Morgan fingerprint density at radius 3 is 2.81 bits per heavy atom. The summed E-state index contributed by atoms with van der Waals surface area (Å²) in [5.41, 5.74) is 2.78. The van der Waals surface area contributed by atoms with Crippen molar-refractivity contribution in [3.05, 3.63) is 41.5 Å². The van der Waals surface area contributed by atoms with E-state index in [4.69, 9.17) is 0 Å². The molecule has 3 aromatic rings. The standard InChI is InChI=1S/C10H5F2N3S/c11-7-2-1-6(3-8(7)12)9-4-15-10(14-9)16-5-13-15/h1-5H. The van der Waals surface area contributed by atoms with Crippen molar-refractivity contribution >= 4 is 16.3 Å². The van der Waals surface area contributed by atoms with Crippen LogP contribution in [0.15, 0.2) is 29.9 Å². The number of benzene rings is 1. The molecule has 0 unspecified atom stereocenters. The predicted molar refractivity (Wildman–Crippen MR) is 56.2 cm³/mol. The molecule has 0 aliphatic carbocycles. The van der Waals surface area contributed by atoms with Gasteiger partial charge < -0.3 is 0 Å². The first-order chi connectivity index (χ1) is 7.74. The first-order valence-corrected chi connectivity index (χ1v) is 5.36. The van der Waals surface area contributed by atoms with Gasteiger partial charge >= 0.3 is 0 Å². The molecule has 0 amide bonds. The van der Waals surface area contributed by atoms with Crippen molar-refractivity contribution in [2.45, 2.75) is 0 Å². The SMILES string of the molecule is Fc1ccc(-c2cn3ncsc3n2)cc1F. The van der Waals surface area contributed by atoms with Gasteiger partial charge in [-0.2, -0.15) is 5.10 Å². The van der Waals surface area contributed by atoms with Crippen molar-refractivity contribution in [1.29, 1.82) is 0 Å². The lowest BCUT2D eigenvalue weighted by Gasteiger charge is -1.96. The largest absolute Gasteiger partial charge is 0.217 e. The highest BCUT2D eigenvalue weighted by atomic mass is 32.1. The van der Waals surface area contributed by atoms with Crippen LogP contribution in [0, 0.1) is 11.6 Å². The van der Waals surface area contributed by atoms with Crippen molar-refractivity contribution in [3.8, 4) is 11.3 Å². The number of imidazole rings is 1. The Hall–Kier alpha value is -1.82. The molecule has 0 N–H and O–H groups in total. The van der Waals surface area contributed by atoms with Gasteiger partial charge in [0.05, 0.1) is 11.9 Å². The first-order valence-electron chi connectivity index (χ1n) is 4.48. The van der Waals surface area contributed by atoms with Gasteiger partial charge in [-0.25, -0.2) is 18.3 Å². The fourth-order valence-electron chi connectivity index (χ4n) is 1.43. The zero-order valence-electron chi connectivity index (χ0n) is 7.89. The van der Waals surface area contributed by atoms with Gasteiger partial charge in [0, 0.05) is 5.56 Å². The molecule has 0 aliphatic rings. The lowest BCUT2D eigenvalue weighted by atomic mass is 10.1. The number of hydrogen-bond acceptors (Lipinski definition) is 3. The van der Waals surface area contributed by atoms with Crippen LogP contribution in [-0.4, -0.2) is 14.6 Å². The summed E-state index contributed by atoms with van der Waals surface area (Å²) in [6, 6.07) is 3.71. The number of nitrogens with zero attached hydrogens (tertiary/aromatic N) is 3. The third kappa shape index (κ3) is 1.38. The minimum atomic E-state index is -0.873. The molecule has 6 heteroatoms. The van der Waals surface area contributed by atoms with E-state index in [9.17, 15) is 8.78 Å². The van der Waals surface area contributed by atoms with E-state index >= 15 is 0 Å². The summed E-state index contributed by atoms with van der Waals surface area (Å²) in [7, 11) is 0. The van der Waals surface area contributed by atoms with Crippen LogP contribution in [0.3, 0.4) is 0 Å². The molecular formula is C10H5F2N3S. The molecule has 2 aromatic heterocycles. The molecule has 0 atom stereocenters. The molecule has 0 saturated carbocycles. The highest BCUT2D eigenvalue weighted by molar-refractivity contribution is 7.14. The van der Waals surface area contributed by atoms with Crippen molar-refractivity contribution in [3.63, 3.8) is 0 Å². The topological polar surface area (TPSA) is 30.2 Å². The number of fused-ring (bicyclic) bond motifs is 1. The van der Waals surface area contributed by atoms with Crippen LogP contribution in [-0.2, 0) is 0 Å². The molecule has 0 aliphatic heterocycles. The zero-order chi connectivity index (χ0) is 11.1. The lowest BCUT2D eigenvalue weighted by Crippen LogP contribution is -1.85. The summed E-state index contributed by atoms with van der Waals surface area (Å²) >= 11 is 1.38. The second-order valence-corrected chi connectivity index (χ2v) is 4.03. The van der Waals surface area contributed by atoms with E-state index < -0.39 is 11.6 Å². The lowest BCUT2D eigenvalue weighted by molar-refractivity contribution is 0.509. The monoisotopic (exact) mass is 237 g/mol. The molecule has 2 heterocycles. The summed E-state index contributed by atoms with van der Waals surface area (Å²) in [4.78, 5) is 4.97. The van der Waals surface area contributed by atoms with Gasteiger partial charge in [-0.05, 0) is 18.2 Å². The summed E-state index contributed by atoms with van der Waals surface area (Å²) < 4.78 is 27.4. The van der Waals surface area contributed by atoms with E-state index in [0.717, 1.165) is 17.1 Å². The summed E-state index contributed by atoms with van der Waals surface area (Å²) in [5.74, 6) is -1.73. The van der Waals surface area contributed by atoms with Gasteiger partial charge in [0.15, 0.2) is 11.6 Å². The third-order valence-corrected chi connectivity index (χ3v) is 2.89. The van der Waals surface area contributed by atoms with Crippen molar-refractivity contribution in [2.75, 3.05) is 0 Å². The van der Waals surface area contributed by atoms with Gasteiger partial charge in [0.1, 0.15) is 5.51 Å². The Morgan fingerprint density at radius 1 is 1.19 bits per heavy atom. The smallest absolute Gasteiger partial charge is 0.212 e. The van der Waals surface area contributed by atoms with E-state index in [1.165, 1.54) is 17.4 Å². The van der Waals surface area contributed by atoms with Crippen molar-refractivity contribution in [2.24, 2.45) is 0 Å². The van der Waals surface area contributed by atoms with E-state index in [0.29, 0.717) is 11.3 Å². The van der Waals surface area contributed by atoms with E-state index in [1.807, 2.05) is 0 Å². The molecule has 0 radical (unpaired) electrons. The van der Waals surface area contributed by atoms with Gasteiger partial charge in [0.25, 0.3) is 0 Å². The third-order valence-electron chi connectivity index (χ3n) is 2.20. The molecule has 0 spiro atoms. The van der Waals surface area contributed by atoms with Crippen LogP contribution in [0.2, 0.25) is 0 Å². The van der Waals surface area contributed by atoms with Gasteiger partial charge in [0.2, 0.25) is 4.96 Å². The number of halogens is 2. The molecule has 16 heavy (non-hydrogen) atoms.